The van der Waals surface area contributed by atoms with Crippen LogP contribution in [0, 0.1) is 12.7 Å². The molecule has 3 rings (SSSR count). The van der Waals surface area contributed by atoms with Gasteiger partial charge >= 0.3 is 0 Å². The second-order valence-corrected chi connectivity index (χ2v) is 6.88. The van der Waals surface area contributed by atoms with Crippen molar-refractivity contribution in [2.45, 2.75) is 13.8 Å². The van der Waals surface area contributed by atoms with Gasteiger partial charge in [-0.3, -0.25) is 10.1 Å². The molecule has 5 nitrogen and oxygen atoms in total. The summed E-state index contributed by atoms with van der Waals surface area (Å²) in [6.45, 7) is 4.28. The Hall–Kier alpha value is -2.93. The number of anilines is 1. The maximum Gasteiger partial charge on any atom is 0.264 e. The molecule has 0 atom stereocenters. The lowest BCUT2D eigenvalue weighted by atomic mass is 10.1. The van der Waals surface area contributed by atoms with Gasteiger partial charge in [0, 0.05) is 16.5 Å². The molecule has 1 aromatic heterocycles. The fourth-order valence-electron chi connectivity index (χ4n) is 2.45. The first-order valence-corrected chi connectivity index (χ1v) is 9.25. The van der Waals surface area contributed by atoms with Crippen LogP contribution in [0.1, 0.15) is 11.8 Å². The average Bonchev–Trinajstić information content (AvgIpc) is 3.01. The molecule has 1 heterocycles. The lowest BCUT2D eigenvalue weighted by Crippen LogP contribution is -2.20. The Labute approximate surface area is 160 Å². The Morgan fingerprint density at radius 2 is 1.93 bits per heavy atom. The number of nitrogens with zero attached hydrogens (tertiary/aromatic N) is 1. The molecule has 0 fully saturated rings. The standard InChI is InChI=1S/C20H19FN2O3S/c1-3-25-16-9-7-14(8-10-16)19-13(2)27-20(23-19)22-18(24)12-26-17-6-4-5-15(21)11-17/h4-11H,3,12H2,1-2H3,(H,22,23,24). The smallest absolute Gasteiger partial charge is 0.264 e. The van der Waals surface area contributed by atoms with Gasteiger partial charge < -0.3 is 9.47 Å². The van der Waals surface area contributed by atoms with Crippen LogP contribution in [-0.4, -0.2) is 24.1 Å². The number of aryl methyl sites for hydroxylation is 1. The molecule has 0 saturated carbocycles. The quantitative estimate of drug-likeness (QED) is 0.641. The van der Waals surface area contributed by atoms with Gasteiger partial charge in [-0.1, -0.05) is 6.07 Å². The highest BCUT2D eigenvalue weighted by atomic mass is 32.1. The van der Waals surface area contributed by atoms with E-state index in [-0.39, 0.29) is 12.5 Å². The first-order valence-electron chi connectivity index (χ1n) is 8.44. The summed E-state index contributed by atoms with van der Waals surface area (Å²) < 4.78 is 23.9. The number of nitrogens with one attached hydrogen (secondary N) is 1. The molecule has 0 aliphatic heterocycles. The van der Waals surface area contributed by atoms with Gasteiger partial charge in [0.1, 0.15) is 17.3 Å². The van der Waals surface area contributed by atoms with E-state index >= 15 is 0 Å². The SMILES string of the molecule is CCOc1ccc(-c2nc(NC(=O)COc3cccc(F)c3)sc2C)cc1. The Morgan fingerprint density at radius 3 is 2.63 bits per heavy atom. The van der Waals surface area contributed by atoms with Crippen molar-refractivity contribution >= 4 is 22.4 Å². The van der Waals surface area contributed by atoms with E-state index in [0.717, 1.165) is 21.9 Å². The van der Waals surface area contributed by atoms with E-state index in [4.69, 9.17) is 9.47 Å². The minimum Gasteiger partial charge on any atom is -0.494 e. The largest absolute Gasteiger partial charge is 0.494 e. The van der Waals surface area contributed by atoms with Crippen LogP contribution in [0.4, 0.5) is 9.52 Å². The van der Waals surface area contributed by atoms with Gasteiger partial charge in [0.05, 0.1) is 12.3 Å². The Balaban J connectivity index is 1.62. The number of benzene rings is 2. The Kier molecular flexibility index (Phi) is 6.03. The van der Waals surface area contributed by atoms with Gasteiger partial charge in [0.2, 0.25) is 0 Å². The van der Waals surface area contributed by atoms with Gasteiger partial charge in [0.25, 0.3) is 5.91 Å². The number of ether oxygens (including phenoxy) is 2. The van der Waals surface area contributed by atoms with Gasteiger partial charge in [-0.2, -0.15) is 0 Å². The van der Waals surface area contributed by atoms with Crippen LogP contribution >= 0.6 is 11.3 Å². The van der Waals surface area contributed by atoms with E-state index in [1.54, 1.807) is 6.07 Å². The number of aromatic nitrogens is 1. The molecular formula is C20H19FN2O3S. The maximum absolute atomic E-state index is 13.1. The van der Waals surface area contributed by atoms with E-state index in [0.29, 0.717) is 17.5 Å². The highest BCUT2D eigenvalue weighted by Crippen LogP contribution is 2.31. The average molecular weight is 386 g/mol. The predicted octanol–water partition coefficient (Wildman–Crippen LogP) is 4.67. The number of carbonyl (C=O) groups excluding carboxylic acids is 1. The monoisotopic (exact) mass is 386 g/mol. The lowest BCUT2D eigenvalue weighted by molar-refractivity contribution is -0.118. The van der Waals surface area contributed by atoms with Crippen molar-refractivity contribution in [3.8, 4) is 22.8 Å². The van der Waals surface area contributed by atoms with Crippen LogP contribution in [0.5, 0.6) is 11.5 Å². The summed E-state index contributed by atoms with van der Waals surface area (Å²) in [5, 5.41) is 3.20. The molecule has 3 aromatic rings. The van der Waals surface area contributed by atoms with Crippen LogP contribution in [0.3, 0.4) is 0 Å². The molecule has 140 valence electrons. The molecule has 0 bridgehead atoms. The highest BCUT2D eigenvalue weighted by molar-refractivity contribution is 7.16. The van der Waals surface area contributed by atoms with Crippen LogP contribution in [0.15, 0.2) is 48.5 Å². The number of thiazole rings is 1. The topological polar surface area (TPSA) is 60.5 Å². The van der Waals surface area contributed by atoms with E-state index in [1.807, 2.05) is 38.1 Å². The van der Waals surface area contributed by atoms with Crippen molar-refractivity contribution in [2.24, 2.45) is 0 Å². The second-order valence-electron chi connectivity index (χ2n) is 5.68. The van der Waals surface area contributed by atoms with Crippen molar-refractivity contribution < 1.29 is 18.7 Å². The molecule has 0 aliphatic carbocycles. The fraction of sp³-hybridized carbons (Fsp3) is 0.200. The molecule has 1 amide bonds. The van der Waals surface area contributed by atoms with E-state index in [1.165, 1.54) is 29.5 Å². The van der Waals surface area contributed by atoms with Crippen molar-refractivity contribution in [3.05, 3.63) is 59.2 Å². The minimum atomic E-state index is -0.413. The van der Waals surface area contributed by atoms with E-state index in [2.05, 4.69) is 10.3 Å². The van der Waals surface area contributed by atoms with Gasteiger partial charge in [-0.15, -0.1) is 11.3 Å². The zero-order chi connectivity index (χ0) is 19.2. The molecular weight excluding hydrogens is 367 g/mol. The summed E-state index contributed by atoms with van der Waals surface area (Å²) in [5.41, 5.74) is 1.76. The molecule has 7 heteroatoms. The number of halogens is 1. The summed E-state index contributed by atoms with van der Waals surface area (Å²) in [5.74, 6) is 0.336. The summed E-state index contributed by atoms with van der Waals surface area (Å²) in [6, 6.07) is 13.3. The van der Waals surface area contributed by atoms with Crippen LogP contribution in [-0.2, 0) is 4.79 Å². The summed E-state index contributed by atoms with van der Waals surface area (Å²) in [6.07, 6.45) is 0. The normalized spacial score (nSPS) is 10.5. The van der Waals surface area contributed by atoms with Crippen molar-refractivity contribution in [1.82, 2.24) is 4.98 Å². The predicted molar refractivity (Wildman–Crippen MR) is 104 cm³/mol. The van der Waals surface area contributed by atoms with Crippen molar-refractivity contribution in [2.75, 3.05) is 18.5 Å². The number of hydrogen-bond donors (Lipinski definition) is 1. The first kappa shape index (κ1) is 18.8. The first-order chi connectivity index (χ1) is 13.0. The number of hydrogen-bond acceptors (Lipinski definition) is 5. The summed E-state index contributed by atoms with van der Waals surface area (Å²) in [7, 11) is 0. The number of amides is 1. The zero-order valence-corrected chi connectivity index (χ0v) is 15.8. The van der Waals surface area contributed by atoms with Gasteiger partial charge in [0.15, 0.2) is 11.7 Å². The van der Waals surface area contributed by atoms with E-state index in [9.17, 15) is 9.18 Å². The molecule has 2 aromatic carbocycles. The number of rotatable bonds is 7. The lowest BCUT2D eigenvalue weighted by Gasteiger charge is -2.05. The third-order valence-electron chi connectivity index (χ3n) is 3.65. The molecule has 27 heavy (non-hydrogen) atoms. The van der Waals surface area contributed by atoms with Crippen molar-refractivity contribution in [1.29, 1.82) is 0 Å². The number of carbonyl (C=O) groups is 1. The molecule has 0 radical (unpaired) electrons. The maximum atomic E-state index is 13.1. The van der Waals surface area contributed by atoms with Gasteiger partial charge in [-0.05, 0) is 50.2 Å². The minimum absolute atomic E-state index is 0.222. The Morgan fingerprint density at radius 1 is 1.15 bits per heavy atom. The molecule has 0 unspecified atom stereocenters. The zero-order valence-electron chi connectivity index (χ0n) is 15.0. The van der Waals surface area contributed by atoms with E-state index < -0.39 is 5.82 Å². The van der Waals surface area contributed by atoms with Crippen molar-refractivity contribution in [3.63, 3.8) is 0 Å². The Bertz CT molecular complexity index is 925. The molecule has 0 saturated heterocycles. The summed E-state index contributed by atoms with van der Waals surface area (Å²) >= 11 is 1.39. The highest BCUT2D eigenvalue weighted by Gasteiger charge is 2.13. The summed E-state index contributed by atoms with van der Waals surface area (Å²) in [4.78, 5) is 17.5. The van der Waals surface area contributed by atoms with Crippen LogP contribution in [0.25, 0.3) is 11.3 Å². The molecule has 1 N–H and O–H groups in total. The fourth-order valence-corrected chi connectivity index (χ4v) is 3.31. The third kappa shape index (κ3) is 5.04. The van der Waals surface area contributed by atoms with Crippen LogP contribution in [0.2, 0.25) is 0 Å². The molecule has 0 aliphatic rings. The molecule has 0 spiro atoms. The van der Waals surface area contributed by atoms with Crippen LogP contribution < -0.4 is 14.8 Å². The second kappa shape index (κ2) is 8.64. The van der Waals surface area contributed by atoms with Gasteiger partial charge in [-0.25, -0.2) is 9.37 Å². The third-order valence-corrected chi connectivity index (χ3v) is 4.53.